The zero-order valence-corrected chi connectivity index (χ0v) is 11.1. The minimum absolute atomic E-state index is 0.291. The molecule has 4 nitrogen and oxygen atoms in total. The first-order chi connectivity index (χ1) is 7.95. The molecule has 0 saturated carbocycles. The van der Waals surface area contributed by atoms with E-state index >= 15 is 0 Å². The van der Waals surface area contributed by atoms with Crippen LogP contribution in [0.1, 0.15) is 15.9 Å². The van der Waals surface area contributed by atoms with E-state index in [1.807, 2.05) is 13.0 Å². The van der Waals surface area contributed by atoms with Gasteiger partial charge < -0.3 is 14.4 Å². The SMILES string of the molecule is COC(=O)c1cc(C)ccc1OC(=S)N(C)C. The average Bonchev–Trinajstić information content (AvgIpc) is 2.30. The van der Waals surface area contributed by atoms with Gasteiger partial charge in [0.1, 0.15) is 11.3 Å². The predicted molar refractivity (Wildman–Crippen MR) is 69.4 cm³/mol. The topological polar surface area (TPSA) is 38.8 Å². The highest BCUT2D eigenvalue weighted by Crippen LogP contribution is 2.21. The lowest BCUT2D eigenvalue weighted by Gasteiger charge is -2.16. The molecule has 0 fully saturated rings. The van der Waals surface area contributed by atoms with Crippen LogP contribution in [0, 0.1) is 6.92 Å². The van der Waals surface area contributed by atoms with Gasteiger partial charge in [-0.15, -0.1) is 0 Å². The Morgan fingerprint density at radius 2 is 2.00 bits per heavy atom. The number of rotatable bonds is 2. The first-order valence-corrected chi connectivity index (χ1v) is 5.44. The number of carbonyl (C=O) groups excluding carboxylic acids is 1. The Kier molecular flexibility index (Phi) is 4.45. The third kappa shape index (κ3) is 3.42. The first-order valence-electron chi connectivity index (χ1n) is 5.03. The van der Waals surface area contributed by atoms with E-state index in [9.17, 15) is 4.79 Å². The molecule has 0 unspecified atom stereocenters. The third-order valence-electron chi connectivity index (χ3n) is 2.10. The maximum Gasteiger partial charge on any atom is 0.341 e. The van der Waals surface area contributed by atoms with Gasteiger partial charge in [-0.25, -0.2) is 4.79 Å². The lowest BCUT2D eigenvalue weighted by molar-refractivity contribution is 0.0598. The second kappa shape index (κ2) is 5.63. The van der Waals surface area contributed by atoms with E-state index in [0.717, 1.165) is 5.56 Å². The van der Waals surface area contributed by atoms with Gasteiger partial charge in [-0.3, -0.25) is 0 Å². The van der Waals surface area contributed by atoms with E-state index in [4.69, 9.17) is 21.7 Å². The molecule has 0 aromatic heterocycles. The minimum atomic E-state index is -0.440. The number of hydrogen-bond donors (Lipinski definition) is 0. The summed E-state index contributed by atoms with van der Waals surface area (Å²) in [5, 5.41) is 0.291. The Hall–Kier alpha value is -1.62. The molecule has 0 aliphatic carbocycles. The minimum Gasteiger partial charge on any atom is -0.465 e. The number of carbonyl (C=O) groups is 1. The highest BCUT2D eigenvalue weighted by Gasteiger charge is 2.15. The summed E-state index contributed by atoms with van der Waals surface area (Å²) in [5.41, 5.74) is 1.32. The summed E-state index contributed by atoms with van der Waals surface area (Å²) in [5.74, 6) is -0.0357. The van der Waals surface area contributed by atoms with Crippen molar-refractivity contribution in [2.24, 2.45) is 0 Å². The van der Waals surface area contributed by atoms with Crippen LogP contribution >= 0.6 is 12.2 Å². The quantitative estimate of drug-likeness (QED) is 0.595. The lowest BCUT2D eigenvalue weighted by atomic mass is 10.1. The van der Waals surface area contributed by atoms with Crippen molar-refractivity contribution in [3.8, 4) is 5.75 Å². The molecule has 0 radical (unpaired) electrons. The third-order valence-corrected chi connectivity index (χ3v) is 2.55. The van der Waals surface area contributed by atoms with Crippen molar-refractivity contribution in [2.75, 3.05) is 21.2 Å². The van der Waals surface area contributed by atoms with E-state index in [2.05, 4.69) is 0 Å². The van der Waals surface area contributed by atoms with Gasteiger partial charge in [0.15, 0.2) is 0 Å². The number of thiocarbonyl (C=S) groups is 1. The average molecular weight is 253 g/mol. The van der Waals surface area contributed by atoms with Gasteiger partial charge in [-0.1, -0.05) is 6.07 Å². The van der Waals surface area contributed by atoms with Crippen molar-refractivity contribution in [3.63, 3.8) is 0 Å². The summed E-state index contributed by atoms with van der Waals surface area (Å²) < 4.78 is 10.1. The van der Waals surface area contributed by atoms with Gasteiger partial charge >= 0.3 is 5.97 Å². The molecular weight excluding hydrogens is 238 g/mol. The molecule has 0 heterocycles. The standard InChI is InChI=1S/C12H15NO3S/c1-8-5-6-10(16-12(17)13(2)3)9(7-8)11(14)15-4/h5-7H,1-4H3. The molecule has 0 bridgehead atoms. The fourth-order valence-corrected chi connectivity index (χ4v) is 1.28. The molecule has 92 valence electrons. The van der Waals surface area contributed by atoms with Crippen LogP contribution in [-0.4, -0.2) is 37.2 Å². The second-order valence-corrected chi connectivity index (χ2v) is 4.10. The molecule has 1 aromatic rings. The van der Waals surface area contributed by atoms with Crippen LogP contribution in [0.2, 0.25) is 0 Å². The second-order valence-electron chi connectivity index (χ2n) is 3.75. The molecule has 0 amide bonds. The van der Waals surface area contributed by atoms with E-state index < -0.39 is 5.97 Å². The van der Waals surface area contributed by atoms with Gasteiger partial charge in [-0.2, -0.15) is 0 Å². The summed E-state index contributed by atoms with van der Waals surface area (Å²) in [6.07, 6.45) is 0. The predicted octanol–water partition coefficient (Wildman–Crippen LogP) is 2.01. The maximum absolute atomic E-state index is 11.6. The van der Waals surface area contributed by atoms with Crippen LogP contribution < -0.4 is 4.74 Å². The Labute approximate surface area is 106 Å². The van der Waals surface area contributed by atoms with Crippen LogP contribution in [0.4, 0.5) is 0 Å². The van der Waals surface area contributed by atoms with E-state index in [1.165, 1.54) is 7.11 Å². The number of benzene rings is 1. The molecule has 0 aliphatic heterocycles. The molecule has 0 aliphatic rings. The highest BCUT2D eigenvalue weighted by molar-refractivity contribution is 7.80. The molecule has 0 atom stereocenters. The van der Waals surface area contributed by atoms with Crippen molar-refractivity contribution in [1.82, 2.24) is 4.90 Å². The van der Waals surface area contributed by atoms with Crippen LogP contribution in [0.15, 0.2) is 18.2 Å². The molecule has 0 spiro atoms. The van der Waals surface area contributed by atoms with Gasteiger partial charge in [0.05, 0.1) is 7.11 Å². The molecule has 0 saturated heterocycles. The van der Waals surface area contributed by atoms with Crippen molar-refractivity contribution < 1.29 is 14.3 Å². The lowest BCUT2D eigenvalue weighted by Crippen LogP contribution is -2.25. The van der Waals surface area contributed by atoms with Crippen LogP contribution in [-0.2, 0) is 4.74 Å². The number of esters is 1. The zero-order valence-electron chi connectivity index (χ0n) is 10.3. The number of hydrogen-bond acceptors (Lipinski definition) is 4. The Morgan fingerprint density at radius 1 is 1.35 bits per heavy atom. The fraction of sp³-hybridized carbons (Fsp3) is 0.333. The summed E-state index contributed by atoms with van der Waals surface area (Å²) in [6.45, 7) is 1.89. The molecule has 1 aromatic carbocycles. The molecule has 0 N–H and O–H groups in total. The number of methoxy groups -OCH3 is 1. The van der Waals surface area contributed by atoms with Crippen molar-refractivity contribution in [1.29, 1.82) is 0 Å². The van der Waals surface area contributed by atoms with E-state index in [-0.39, 0.29) is 0 Å². The number of ether oxygens (including phenoxy) is 2. The zero-order chi connectivity index (χ0) is 13.0. The van der Waals surface area contributed by atoms with Crippen LogP contribution in [0.25, 0.3) is 0 Å². The summed E-state index contributed by atoms with van der Waals surface area (Å²) in [4.78, 5) is 13.2. The molecular formula is C12H15NO3S. The Balaban J connectivity index is 3.06. The smallest absolute Gasteiger partial charge is 0.341 e. The fourth-order valence-electron chi connectivity index (χ4n) is 1.19. The maximum atomic E-state index is 11.6. The largest absolute Gasteiger partial charge is 0.465 e. The highest BCUT2D eigenvalue weighted by atomic mass is 32.1. The Bertz CT molecular complexity index is 443. The first kappa shape index (κ1) is 13.4. The summed E-state index contributed by atoms with van der Waals surface area (Å²) in [7, 11) is 4.88. The summed E-state index contributed by atoms with van der Waals surface area (Å²) in [6, 6.07) is 5.26. The molecule has 1 rings (SSSR count). The Morgan fingerprint density at radius 3 is 2.53 bits per heavy atom. The monoisotopic (exact) mass is 253 g/mol. The van der Waals surface area contributed by atoms with Crippen molar-refractivity contribution in [3.05, 3.63) is 29.3 Å². The molecule has 17 heavy (non-hydrogen) atoms. The van der Waals surface area contributed by atoms with Gasteiger partial charge in [0.25, 0.3) is 5.17 Å². The van der Waals surface area contributed by atoms with Gasteiger partial charge in [0.2, 0.25) is 0 Å². The number of nitrogens with zero attached hydrogens (tertiary/aromatic N) is 1. The van der Waals surface area contributed by atoms with Crippen molar-refractivity contribution in [2.45, 2.75) is 6.92 Å². The van der Waals surface area contributed by atoms with Gasteiger partial charge in [-0.05, 0) is 36.8 Å². The summed E-state index contributed by atoms with van der Waals surface area (Å²) >= 11 is 5.03. The molecule has 5 heteroatoms. The van der Waals surface area contributed by atoms with Gasteiger partial charge in [0, 0.05) is 14.1 Å². The van der Waals surface area contributed by atoms with E-state index in [1.54, 1.807) is 31.1 Å². The van der Waals surface area contributed by atoms with E-state index in [0.29, 0.717) is 16.5 Å². The van der Waals surface area contributed by atoms with Crippen LogP contribution in [0.3, 0.4) is 0 Å². The normalized spacial score (nSPS) is 9.65. The van der Waals surface area contributed by atoms with Crippen LogP contribution in [0.5, 0.6) is 5.75 Å². The van der Waals surface area contributed by atoms with Crippen molar-refractivity contribution >= 4 is 23.4 Å². The number of aryl methyl sites for hydroxylation is 1.